The van der Waals surface area contributed by atoms with Gasteiger partial charge in [0, 0.05) is 32.0 Å². The molecule has 5 heteroatoms. The van der Waals surface area contributed by atoms with Crippen LogP contribution in [0.4, 0.5) is 8.78 Å². The second-order valence-electron chi connectivity index (χ2n) is 4.40. The summed E-state index contributed by atoms with van der Waals surface area (Å²) in [4.78, 5) is 11.9. The van der Waals surface area contributed by atoms with Gasteiger partial charge in [-0.25, -0.2) is 8.78 Å². The molecular weight excluding hydrogens is 214 g/mol. The summed E-state index contributed by atoms with van der Waals surface area (Å²) in [6.07, 6.45) is 3.33. The van der Waals surface area contributed by atoms with E-state index >= 15 is 0 Å². The molecule has 1 aliphatic carbocycles. The molecule has 1 fully saturated rings. The van der Waals surface area contributed by atoms with Gasteiger partial charge in [0.2, 0.25) is 5.92 Å². The molecule has 88 valence electrons. The van der Waals surface area contributed by atoms with E-state index in [0.29, 0.717) is 5.56 Å². The molecule has 3 nitrogen and oxygen atoms in total. The van der Waals surface area contributed by atoms with E-state index in [0.717, 1.165) is 0 Å². The van der Waals surface area contributed by atoms with Crippen molar-refractivity contribution in [3.8, 4) is 0 Å². The number of aromatic nitrogens is 2. The lowest BCUT2D eigenvalue weighted by Crippen LogP contribution is -2.28. The Bertz CT molecular complexity index is 390. The zero-order valence-electron chi connectivity index (χ0n) is 9.12. The normalized spacial score (nSPS) is 20.9. The number of hydrogen-bond donors (Lipinski definition) is 0. The lowest BCUT2D eigenvalue weighted by molar-refractivity contribution is -0.0424. The van der Waals surface area contributed by atoms with Crippen LogP contribution < -0.4 is 0 Å². The summed E-state index contributed by atoms with van der Waals surface area (Å²) >= 11 is 0. The van der Waals surface area contributed by atoms with Crippen LogP contribution in [-0.4, -0.2) is 21.5 Å². The van der Waals surface area contributed by atoms with E-state index in [-0.39, 0.29) is 37.4 Å². The minimum Gasteiger partial charge on any atom is -0.294 e. The summed E-state index contributed by atoms with van der Waals surface area (Å²) in [6, 6.07) is 0. The highest BCUT2D eigenvalue weighted by atomic mass is 19.3. The highest BCUT2D eigenvalue weighted by molar-refractivity contribution is 5.97. The van der Waals surface area contributed by atoms with E-state index in [1.54, 1.807) is 17.9 Å². The molecule has 0 bridgehead atoms. The molecule has 0 amide bonds. The molecule has 1 aliphatic rings. The number of ketones is 1. The summed E-state index contributed by atoms with van der Waals surface area (Å²) in [7, 11) is 1.73. The Morgan fingerprint density at radius 1 is 1.50 bits per heavy atom. The number of rotatable bonds is 2. The number of aryl methyl sites for hydroxylation is 1. The molecule has 1 aromatic heterocycles. The summed E-state index contributed by atoms with van der Waals surface area (Å²) in [5.41, 5.74) is 0.526. The Labute approximate surface area is 92.4 Å². The van der Waals surface area contributed by atoms with Crippen molar-refractivity contribution in [1.29, 1.82) is 0 Å². The Hall–Kier alpha value is -1.26. The van der Waals surface area contributed by atoms with Crippen molar-refractivity contribution < 1.29 is 13.6 Å². The molecule has 0 aromatic carbocycles. The number of hydrogen-bond acceptors (Lipinski definition) is 2. The molecular formula is C11H14F2N2O. The third kappa shape index (κ3) is 2.28. The first-order valence-electron chi connectivity index (χ1n) is 5.39. The molecule has 0 spiro atoms. The lowest BCUT2D eigenvalue weighted by Gasteiger charge is -2.26. The second kappa shape index (κ2) is 3.96. The van der Waals surface area contributed by atoms with Crippen LogP contribution in [0.15, 0.2) is 12.4 Å². The molecule has 0 atom stereocenters. The Balaban J connectivity index is 2.02. The number of carbonyl (C=O) groups is 1. The van der Waals surface area contributed by atoms with Crippen LogP contribution >= 0.6 is 0 Å². The largest absolute Gasteiger partial charge is 0.294 e. The van der Waals surface area contributed by atoms with Crippen LogP contribution in [0.1, 0.15) is 36.0 Å². The third-order valence-corrected chi connectivity index (χ3v) is 3.08. The molecule has 0 radical (unpaired) electrons. The first kappa shape index (κ1) is 11.2. The smallest absolute Gasteiger partial charge is 0.248 e. The molecule has 0 saturated heterocycles. The summed E-state index contributed by atoms with van der Waals surface area (Å²) in [5, 5.41) is 3.91. The van der Waals surface area contributed by atoms with Crippen LogP contribution in [0.2, 0.25) is 0 Å². The van der Waals surface area contributed by atoms with Crippen LogP contribution in [0, 0.1) is 5.92 Å². The van der Waals surface area contributed by atoms with Gasteiger partial charge in [-0.1, -0.05) is 0 Å². The van der Waals surface area contributed by atoms with Crippen molar-refractivity contribution in [1.82, 2.24) is 9.78 Å². The fraction of sp³-hybridized carbons (Fsp3) is 0.636. The molecule has 1 saturated carbocycles. The Kier molecular flexibility index (Phi) is 2.78. The number of alkyl halides is 2. The predicted octanol–water partition coefficient (Wildman–Crippen LogP) is 2.43. The fourth-order valence-corrected chi connectivity index (χ4v) is 2.09. The summed E-state index contributed by atoms with van der Waals surface area (Å²) in [6.45, 7) is 0. The van der Waals surface area contributed by atoms with Gasteiger partial charge in [-0.05, 0) is 12.8 Å². The van der Waals surface area contributed by atoms with Crippen molar-refractivity contribution >= 4 is 5.78 Å². The molecule has 1 heterocycles. The minimum atomic E-state index is -2.58. The van der Waals surface area contributed by atoms with Gasteiger partial charge in [0.25, 0.3) is 0 Å². The molecule has 0 unspecified atom stereocenters. The molecule has 0 N–H and O–H groups in total. The van der Waals surface area contributed by atoms with Crippen LogP contribution in [0.5, 0.6) is 0 Å². The maximum Gasteiger partial charge on any atom is 0.248 e. The molecule has 2 rings (SSSR count). The van der Waals surface area contributed by atoms with Gasteiger partial charge in [0.1, 0.15) is 0 Å². The average Bonchev–Trinajstić information content (AvgIpc) is 2.64. The maximum absolute atomic E-state index is 12.9. The predicted molar refractivity (Wildman–Crippen MR) is 54.4 cm³/mol. The zero-order chi connectivity index (χ0) is 11.8. The summed E-state index contributed by atoms with van der Waals surface area (Å²) in [5.74, 6) is -2.89. The van der Waals surface area contributed by atoms with Crippen LogP contribution in [0.25, 0.3) is 0 Å². The highest BCUT2D eigenvalue weighted by Crippen LogP contribution is 2.37. The van der Waals surface area contributed by atoms with Crippen molar-refractivity contribution in [3.63, 3.8) is 0 Å². The standard InChI is InChI=1S/C11H14F2N2O/c1-15-7-9(6-14-15)10(16)8-2-4-11(12,13)5-3-8/h6-8H,2-5H2,1H3. The zero-order valence-corrected chi connectivity index (χ0v) is 9.12. The van der Waals surface area contributed by atoms with E-state index in [1.807, 2.05) is 0 Å². The van der Waals surface area contributed by atoms with Gasteiger partial charge < -0.3 is 0 Å². The number of halogens is 2. The quantitative estimate of drug-likeness (QED) is 0.729. The van der Waals surface area contributed by atoms with Crippen molar-refractivity contribution in [2.45, 2.75) is 31.6 Å². The first-order chi connectivity index (χ1) is 7.48. The SMILES string of the molecule is Cn1cc(C(=O)C2CCC(F)(F)CC2)cn1. The number of nitrogens with zero attached hydrogens (tertiary/aromatic N) is 2. The maximum atomic E-state index is 12.9. The van der Waals surface area contributed by atoms with E-state index in [4.69, 9.17) is 0 Å². The van der Waals surface area contributed by atoms with Gasteiger partial charge in [0.05, 0.1) is 11.8 Å². The third-order valence-electron chi connectivity index (χ3n) is 3.08. The lowest BCUT2D eigenvalue weighted by atomic mass is 9.83. The van der Waals surface area contributed by atoms with Crippen LogP contribution in [0.3, 0.4) is 0 Å². The van der Waals surface area contributed by atoms with Gasteiger partial charge in [-0.15, -0.1) is 0 Å². The topological polar surface area (TPSA) is 34.9 Å². The minimum absolute atomic E-state index is 0.0522. The van der Waals surface area contributed by atoms with Crippen molar-refractivity contribution in [2.75, 3.05) is 0 Å². The van der Waals surface area contributed by atoms with Gasteiger partial charge in [-0.3, -0.25) is 9.48 Å². The monoisotopic (exact) mass is 228 g/mol. The van der Waals surface area contributed by atoms with Crippen molar-refractivity contribution in [3.05, 3.63) is 18.0 Å². The van der Waals surface area contributed by atoms with Gasteiger partial charge in [-0.2, -0.15) is 5.10 Å². The van der Waals surface area contributed by atoms with Crippen molar-refractivity contribution in [2.24, 2.45) is 13.0 Å². The Morgan fingerprint density at radius 2 is 2.12 bits per heavy atom. The van der Waals surface area contributed by atoms with Gasteiger partial charge >= 0.3 is 0 Å². The molecule has 1 aromatic rings. The van der Waals surface area contributed by atoms with Crippen LogP contribution in [-0.2, 0) is 7.05 Å². The number of Topliss-reactive ketones (excluding diaryl/α,β-unsaturated/α-hetero) is 1. The van der Waals surface area contributed by atoms with E-state index in [2.05, 4.69) is 5.10 Å². The van der Waals surface area contributed by atoms with E-state index in [1.165, 1.54) is 6.20 Å². The van der Waals surface area contributed by atoms with E-state index in [9.17, 15) is 13.6 Å². The van der Waals surface area contributed by atoms with E-state index < -0.39 is 5.92 Å². The molecule has 0 aliphatic heterocycles. The highest BCUT2D eigenvalue weighted by Gasteiger charge is 2.37. The average molecular weight is 228 g/mol. The Morgan fingerprint density at radius 3 is 2.62 bits per heavy atom. The first-order valence-corrected chi connectivity index (χ1v) is 5.39. The fourth-order valence-electron chi connectivity index (χ4n) is 2.09. The summed E-state index contributed by atoms with van der Waals surface area (Å²) < 4.78 is 27.4. The molecule has 16 heavy (non-hydrogen) atoms. The van der Waals surface area contributed by atoms with Gasteiger partial charge in [0.15, 0.2) is 5.78 Å². The second-order valence-corrected chi connectivity index (χ2v) is 4.40. The number of carbonyl (C=O) groups excluding carboxylic acids is 1.